The first-order valence-electron chi connectivity index (χ1n) is 5.59. The molecule has 1 rings (SSSR count). The van der Waals surface area contributed by atoms with Crippen molar-refractivity contribution in [2.24, 2.45) is 0 Å². The van der Waals surface area contributed by atoms with E-state index in [0.717, 1.165) is 5.69 Å². The number of nitrogens with two attached hydrogens (primary N) is 1. The van der Waals surface area contributed by atoms with Crippen molar-refractivity contribution in [2.45, 2.75) is 50.2 Å². The van der Waals surface area contributed by atoms with Crippen molar-refractivity contribution in [3.63, 3.8) is 0 Å². The Morgan fingerprint density at radius 2 is 2.00 bits per heavy atom. The Bertz CT molecular complexity index is 284. The molecule has 1 aromatic heterocycles. The highest BCUT2D eigenvalue weighted by atomic mass is 32.2. The molecule has 0 saturated carbocycles. The van der Waals surface area contributed by atoms with E-state index >= 15 is 0 Å². The minimum Gasteiger partial charge on any atom is -0.375 e. The Morgan fingerprint density at radius 3 is 2.60 bits per heavy atom. The lowest BCUT2D eigenvalue weighted by atomic mass is 10.2. The SMILES string of the molecule is CCCCCCCSc1sc(N)nc1C. The highest BCUT2D eigenvalue weighted by molar-refractivity contribution is 8.01. The molecule has 1 heterocycles. The maximum Gasteiger partial charge on any atom is 0.181 e. The number of rotatable bonds is 7. The number of thioether (sulfide) groups is 1. The molecule has 0 amide bonds. The summed E-state index contributed by atoms with van der Waals surface area (Å²) in [7, 11) is 0. The van der Waals surface area contributed by atoms with Gasteiger partial charge in [0.15, 0.2) is 5.13 Å². The van der Waals surface area contributed by atoms with Crippen LogP contribution in [0.1, 0.15) is 44.7 Å². The van der Waals surface area contributed by atoms with Crippen LogP contribution in [-0.4, -0.2) is 10.7 Å². The van der Waals surface area contributed by atoms with Gasteiger partial charge in [-0.3, -0.25) is 0 Å². The molecule has 0 unspecified atom stereocenters. The second-order valence-electron chi connectivity index (χ2n) is 3.69. The van der Waals surface area contributed by atoms with Crippen LogP contribution in [0.3, 0.4) is 0 Å². The van der Waals surface area contributed by atoms with Crippen LogP contribution < -0.4 is 5.73 Å². The van der Waals surface area contributed by atoms with Crippen LogP contribution in [0.2, 0.25) is 0 Å². The fourth-order valence-electron chi connectivity index (χ4n) is 1.41. The Kier molecular flexibility index (Phi) is 6.10. The van der Waals surface area contributed by atoms with Gasteiger partial charge in [0.1, 0.15) is 0 Å². The lowest BCUT2D eigenvalue weighted by Crippen LogP contribution is -1.82. The molecule has 0 atom stereocenters. The standard InChI is InChI=1S/C11H20N2S2/c1-3-4-5-6-7-8-14-10-9(2)13-11(12)15-10/h3-8H2,1-2H3,(H2,12,13). The number of aryl methyl sites for hydroxylation is 1. The van der Waals surface area contributed by atoms with E-state index in [1.807, 2.05) is 18.7 Å². The molecule has 0 spiro atoms. The second kappa shape index (κ2) is 7.12. The van der Waals surface area contributed by atoms with Crippen LogP contribution >= 0.6 is 23.1 Å². The normalized spacial score (nSPS) is 10.8. The van der Waals surface area contributed by atoms with Crippen LogP contribution in [-0.2, 0) is 0 Å². The number of nitrogen functional groups attached to an aromatic ring is 1. The van der Waals surface area contributed by atoms with Gasteiger partial charge < -0.3 is 5.73 Å². The van der Waals surface area contributed by atoms with E-state index < -0.39 is 0 Å². The van der Waals surface area contributed by atoms with Gasteiger partial charge in [-0.1, -0.05) is 43.9 Å². The molecule has 0 bridgehead atoms. The van der Waals surface area contributed by atoms with Crippen molar-refractivity contribution in [3.8, 4) is 0 Å². The van der Waals surface area contributed by atoms with E-state index in [4.69, 9.17) is 5.73 Å². The number of anilines is 1. The number of unbranched alkanes of at least 4 members (excludes halogenated alkanes) is 4. The van der Waals surface area contributed by atoms with Gasteiger partial charge in [0.25, 0.3) is 0 Å². The van der Waals surface area contributed by atoms with E-state index in [2.05, 4.69) is 11.9 Å². The largest absolute Gasteiger partial charge is 0.375 e. The van der Waals surface area contributed by atoms with Crippen molar-refractivity contribution >= 4 is 28.2 Å². The summed E-state index contributed by atoms with van der Waals surface area (Å²) in [5.74, 6) is 1.20. The van der Waals surface area contributed by atoms with Gasteiger partial charge in [-0.15, -0.1) is 11.8 Å². The topological polar surface area (TPSA) is 38.9 Å². The zero-order valence-corrected chi connectivity index (χ0v) is 11.2. The van der Waals surface area contributed by atoms with Crippen LogP contribution in [0.15, 0.2) is 4.21 Å². The summed E-state index contributed by atoms with van der Waals surface area (Å²) in [5, 5.41) is 0.695. The van der Waals surface area contributed by atoms with Gasteiger partial charge in [-0.05, 0) is 19.1 Å². The van der Waals surface area contributed by atoms with Crippen LogP contribution in [0, 0.1) is 6.92 Å². The van der Waals surface area contributed by atoms with E-state index in [9.17, 15) is 0 Å². The Hall–Kier alpha value is -0.220. The maximum atomic E-state index is 5.64. The zero-order chi connectivity index (χ0) is 11.1. The highest BCUT2D eigenvalue weighted by Gasteiger charge is 2.04. The first kappa shape index (κ1) is 12.8. The number of aromatic nitrogens is 1. The summed E-state index contributed by atoms with van der Waals surface area (Å²) in [6.45, 7) is 4.28. The number of hydrogen-bond acceptors (Lipinski definition) is 4. The lowest BCUT2D eigenvalue weighted by Gasteiger charge is -1.99. The summed E-state index contributed by atoms with van der Waals surface area (Å²) in [4.78, 5) is 4.21. The van der Waals surface area contributed by atoms with Gasteiger partial charge in [0.05, 0.1) is 9.90 Å². The van der Waals surface area contributed by atoms with Gasteiger partial charge in [-0.25, -0.2) is 4.98 Å². The summed E-state index contributed by atoms with van der Waals surface area (Å²) in [5.41, 5.74) is 6.74. The van der Waals surface area contributed by atoms with E-state index in [1.54, 1.807) is 11.3 Å². The molecular formula is C11H20N2S2. The molecule has 0 aliphatic rings. The second-order valence-corrected chi connectivity index (χ2v) is 6.08. The van der Waals surface area contributed by atoms with Crippen molar-refractivity contribution in [2.75, 3.05) is 11.5 Å². The predicted octanol–water partition coefficient (Wildman–Crippen LogP) is 4.10. The first-order chi connectivity index (χ1) is 7.24. The minimum absolute atomic E-state index is 0.695. The minimum atomic E-state index is 0.695. The van der Waals surface area contributed by atoms with E-state index in [-0.39, 0.29) is 0 Å². The molecule has 15 heavy (non-hydrogen) atoms. The van der Waals surface area contributed by atoms with E-state index in [0.29, 0.717) is 5.13 Å². The monoisotopic (exact) mass is 244 g/mol. The molecule has 2 N–H and O–H groups in total. The first-order valence-corrected chi connectivity index (χ1v) is 7.40. The van der Waals surface area contributed by atoms with Crippen molar-refractivity contribution < 1.29 is 0 Å². The third kappa shape index (κ3) is 4.89. The van der Waals surface area contributed by atoms with Crippen molar-refractivity contribution in [1.29, 1.82) is 0 Å². The average molecular weight is 244 g/mol. The van der Waals surface area contributed by atoms with Gasteiger partial charge >= 0.3 is 0 Å². The summed E-state index contributed by atoms with van der Waals surface area (Å²) >= 11 is 3.51. The highest BCUT2D eigenvalue weighted by Crippen LogP contribution is 2.31. The van der Waals surface area contributed by atoms with Crippen molar-refractivity contribution in [3.05, 3.63) is 5.69 Å². The molecule has 4 heteroatoms. The maximum absolute atomic E-state index is 5.64. The third-order valence-electron chi connectivity index (χ3n) is 2.25. The quantitative estimate of drug-likeness (QED) is 0.580. The van der Waals surface area contributed by atoms with Crippen molar-refractivity contribution in [1.82, 2.24) is 4.98 Å². The molecule has 2 nitrogen and oxygen atoms in total. The molecule has 0 fully saturated rings. The molecular weight excluding hydrogens is 224 g/mol. The number of hydrogen-bond donors (Lipinski definition) is 1. The molecule has 0 saturated heterocycles. The number of thiazole rings is 1. The third-order valence-corrected chi connectivity index (χ3v) is 4.69. The Labute approximate surface area is 101 Å². The van der Waals surface area contributed by atoms with Gasteiger partial charge in [0.2, 0.25) is 0 Å². The summed E-state index contributed by atoms with van der Waals surface area (Å²) in [6.07, 6.45) is 6.73. The van der Waals surface area contributed by atoms with Crippen LogP contribution in [0.5, 0.6) is 0 Å². The fourth-order valence-corrected chi connectivity index (χ4v) is 3.50. The molecule has 0 aliphatic heterocycles. The smallest absolute Gasteiger partial charge is 0.181 e. The zero-order valence-electron chi connectivity index (χ0n) is 9.58. The molecule has 0 aliphatic carbocycles. The average Bonchev–Trinajstić information content (AvgIpc) is 2.51. The van der Waals surface area contributed by atoms with Gasteiger partial charge in [-0.2, -0.15) is 0 Å². The molecule has 0 aromatic carbocycles. The fraction of sp³-hybridized carbons (Fsp3) is 0.727. The molecule has 1 aromatic rings. The van der Waals surface area contributed by atoms with Crippen LogP contribution in [0.25, 0.3) is 0 Å². The molecule has 86 valence electrons. The van der Waals surface area contributed by atoms with Gasteiger partial charge in [0, 0.05) is 0 Å². The summed E-state index contributed by atoms with van der Waals surface area (Å²) < 4.78 is 1.29. The van der Waals surface area contributed by atoms with Crippen LogP contribution in [0.4, 0.5) is 5.13 Å². The molecule has 0 radical (unpaired) electrons. The lowest BCUT2D eigenvalue weighted by molar-refractivity contribution is 0.659. The predicted molar refractivity (Wildman–Crippen MR) is 70.7 cm³/mol. The Morgan fingerprint density at radius 1 is 1.27 bits per heavy atom. The summed E-state index contributed by atoms with van der Waals surface area (Å²) in [6, 6.07) is 0. The number of nitrogens with zero attached hydrogens (tertiary/aromatic N) is 1. The van der Waals surface area contributed by atoms with E-state index in [1.165, 1.54) is 42.1 Å². The Balaban J connectivity index is 2.12.